The van der Waals surface area contributed by atoms with Crippen molar-refractivity contribution in [2.45, 2.75) is 31.8 Å². The molecule has 0 amide bonds. The predicted molar refractivity (Wildman–Crippen MR) is 136 cm³/mol. The summed E-state index contributed by atoms with van der Waals surface area (Å²) in [5.74, 6) is 0. The van der Waals surface area contributed by atoms with Crippen LogP contribution in [-0.4, -0.2) is 47.6 Å². The first-order valence-corrected chi connectivity index (χ1v) is 12.1. The van der Waals surface area contributed by atoms with E-state index in [2.05, 4.69) is 10.1 Å². The molecule has 0 bridgehead atoms. The summed E-state index contributed by atoms with van der Waals surface area (Å²) in [6.45, 7) is 2.36. The molecule has 1 heterocycles. The number of hydrogen-bond acceptors (Lipinski definition) is 5. The third-order valence-corrected chi connectivity index (χ3v) is 6.13. The molecule has 0 spiro atoms. The molecule has 0 fully saturated rings. The zero-order valence-corrected chi connectivity index (χ0v) is 20.3. The lowest BCUT2D eigenvalue weighted by Crippen LogP contribution is -2.39. The minimum atomic E-state index is -0.645. The summed E-state index contributed by atoms with van der Waals surface area (Å²) in [5.41, 5.74) is 3.87. The van der Waals surface area contributed by atoms with Crippen LogP contribution in [0.5, 0.6) is 0 Å². The third-order valence-electron chi connectivity index (χ3n) is 5.57. The van der Waals surface area contributed by atoms with E-state index in [1.807, 2.05) is 78.9 Å². The van der Waals surface area contributed by atoms with Gasteiger partial charge in [0.2, 0.25) is 0 Å². The fourth-order valence-electron chi connectivity index (χ4n) is 4.00. The number of rotatable bonds is 11. The first kappa shape index (κ1) is 24.7. The maximum atomic E-state index is 10.7. The van der Waals surface area contributed by atoms with Crippen LogP contribution in [0.4, 0.5) is 0 Å². The van der Waals surface area contributed by atoms with Crippen molar-refractivity contribution in [2.75, 3.05) is 19.7 Å². The molecule has 0 saturated heterocycles. The van der Waals surface area contributed by atoms with E-state index in [1.165, 1.54) is 0 Å². The second kappa shape index (κ2) is 12.3. The van der Waals surface area contributed by atoms with Crippen molar-refractivity contribution in [2.24, 2.45) is 5.16 Å². The van der Waals surface area contributed by atoms with Gasteiger partial charge in [-0.2, -0.15) is 0 Å². The molecule has 2 atom stereocenters. The second-order valence-electron chi connectivity index (χ2n) is 8.43. The highest BCUT2D eigenvalue weighted by atomic mass is 35.5. The number of aliphatic hydroxyl groups is 1. The third kappa shape index (κ3) is 7.29. The van der Waals surface area contributed by atoms with Gasteiger partial charge < -0.3 is 14.7 Å². The Balaban J connectivity index is 1.35. The maximum Gasteiger partial charge on any atom is 0.145 e. The molecule has 3 aromatic rings. The fraction of sp³-hybridized carbons (Fsp3) is 0.296. The quantitative estimate of drug-likeness (QED) is 0.375. The molecule has 0 aromatic heterocycles. The Morgan fingerprint density at radius 1 is 1.00 bits per heavy atom. The van der Waals surface area contributed by atoms with Crippen LogP contribution >= 0.6 is 23.2 Å². The van der Waals surface area contributed by atoms with Gasteiger partial charge in [-0.3, -0.25) is 4.90 Å². The average molecular weight is 499 g/mol. The lowest BCUT2D eigenvalue weighted by Gasteiger charge is -2.27. The Morgan fingerprint density at radius 2 is 1.76 bits per heavy atom. The lowest BCUT2D eigenvalue weighted by atomic mass is 10.0. The van der Waals surface area contributed by atoms with E-state index in [0.29, 0.717) is 42.7 Å². The topological polar surface area (TPSA) is 54.3 Å². The Kier molecular flexibility index (Phi) is 8.97. The second-order valence-corrected chi connectivity index (χ2v) is 9.27. The van der Waals surface area contributed by atoms with Crippen molar-refractivity contribution in [3.8, 4) is 0 Å². The van der Waals surface area contributed by atoms with Crippen molar-refractivity contribution < 1.29 is 14.7 Å². The van der Waals surface area contributed by atoms with Gasteiger partial charge in [0, 0.05) is 41.7 Å². The Hall–Kier alpha value is -2.41. The van der Waals surface area contributed by atoms with Crippen molar-refractivity contribution in [3.63, 3.8) is 0 Å². The number of oxime groups is 1. The van der Waals surface area contributed by atoms with Gasteiger partial charge in [-0.15, -0.1) is 0 Å². The van der Waals surface area contributed by atoms with Gasteiger partial charge in [0.1, 0.15) is 6.10 Å². The van der Waals surface area contributed by atoms with Gasteiger partial charge in [-0.05, 0) is 29.3 Å². The highest BCUT2D eigenvalue weighted by molar-refractivity contribution is 6.34. The van der Waals surface area contributed by atoms with E-state index in [0.717, 1.165) is 22.4 Å². The number of nitrogens with zero attached hydrogens (tertiary/aromatic N) is 2. The summed E-state index contributed by atoms with van der Waals surface area (Å²) in [6.07, 6.45) is -0.132. The molecule has 4 rings (SSSR count). The minimum absolute atomic E-state index is 0.136. The zero-order chi connectivity index (χ0) is 23.8. The highest BCUT2D eigenvalue weighted by Crippen LogP contribution is 2.24. The first-order chi connectivity index (χ1) is 16.6. The van der Waals surface area contributed by atoms with Gasteiger partial charge in [0.15, 0.2) is 0 Å². The minimum Gasteiger partial charge on any atom is -0.390 e. The summed E-state index contributed by atoms with van der Waals surface area (Å²) in [4.78, 5) is 7.89. The predicted octanol–water partition coefficient (Wildman–Crippen LogP) is 5.57. The van der Waals surface area contributed by atoms with Gasteiger partial charge in [-0.25, -0.2) is 0 Å². The van der Waals surface area contributed by atoms with E-state index < -0.39 is 6.10 Å². The smallest absolute Gasteiger partial charge is 0.145 e. The number of hydrogen-bond donors (Lipinski definition) is 1. The first-order valence-electron chi connectivity index (χ1n) is 11.3. The van der Waals surface area contributed by atoms with Crippen LogP contribution in [0.3, 0.4) is 0 Å². The summed E-state index contributed by atoms with van der Waals surface area (Å²) >= 11 is 12.5. The largest absolute Gasteiger partial charge is 0.390 e. The van der Waals surface area contributed by atoms with Gasteiger partial charge in [0.25, 0.3) is 0 Å². The molecule has 0 unspecified atom stereocenters. The molecule has 5 nitrogen and oxygen atoms in total. The molecule has 0 aliphatic carbocycles. The van der Waals surface area contributed by atoms with Gasteiger partial charge in [-0.1, -0.05) is 89.0 Å². The van der Waals surface area contributed by atoms with E-state index in [-0.39, 0.29) is 12.7 Å². The molecule has 1 aliphatic rings. The maximum absolute atomic E-state index is 10.7. The highest BCUT2D eigenvalue weighted by Gasteiger charge is 2.26. The monoisotopic (exact) mass is 498 g/mol. The SMILES string of the molecule is O[C@H](COCc1ccccc1)CN(Cc1cccc(Cl)c1)C[C@@H]1CC(c2ccccc2Cl)=NO1. The van der Waals surface area contributed by atoms with Crippen molar-refractivity contribution in [1.29, 1.82) is 0 Å². The molecule has 0 saturated carbocycles. The van der Waals surface area contributed by atoms with Crippen LogP contribution in [-0.2, 0) is 22.7 Å². The van der Waals surface area contributed by atoms with Crippen LogP contribution in [0.25, 0.3) is 0 Å². The standard InChI is InChI=1S/C27H28Cl2N2O3/c28-22-10-6-9-21(13-22)15-31(16-23(32)19-33-18-20-7-2-1-3-8-20)17-24-14-27(30-34-24)25-11-4-5-12-26(25)29/h1-13,23-24,32H,14-19H2/t23-,24-/m0/s1. The summed E-state index contributed by atoms with van der Waals surface area (Å²) in [5, 5.41) is 16.3. The Labute approximate surface area is 210 Å². The Morgan fingerprint density at radius 3 is 2.56 bits per heavy atom. The number of ether oxygens (including phenoxy) is 1. The van der Waals surface area contributed by atoms with Gasteiger partial charge >= 0.3 is 0 Å². The molecular formula is C27H28Cl2N2O3. The molecule has 178 valence electrons. The van der Waals surface area contributed by atoms with Crippen LogP contribution < -0.4 is 0 Å². The fourth-order valence-corrected chi connectivity index (χ4v) is 4.46. The van der Waals surface area contributed by atoms with E-state index in [9.17, 15) is 5.11 Å². The number of halogens is 2. The molecule has 1 aliphatic heterocycles. The van der Waals surface area contributed by atoms with Gasteiger partial charge in [0.05, 0.1) is 25.0 Å². The molecular weight excluding hydrogens is 471 g/mol. The Bertz CT molecular complexity index is 1090. The molecule has 1 N–H and O–H groups in total. The van der Waals surface area contributed by atoms with Crippen LogP contribution in [0.2, 0.25) is 10.0 Å². The molecule has 3 aromatic carbocycles. The van der Waals surface area contributed by atoms with Crippen molar-refractivity contribution in [3.05, 3.63) is 106 Å². The number of aliphatic hydroxyl groups excluding tert-OH is 1. The van der Waals surface area contributed by atoms with Crippen LogP contribution in [0.15, 0.2) is 84.0 Å². The normalized spacial score (nSPS) is 16.4. The van der Waals surface area contributed by atoms with Crippen LogP contribution in [0.1, 0.15) is 23.1 Å². The van der Waals surface area contributed by atoms with Crippen molar-refractivity contribution >= 4 is 28.9 Å². The molecule has 0 radical (unpaired) electrons. The average Bonchev–Trinajstić information content (AvgIpc) is 3.28. The zero-order valence-electron chi connectivity index (χ0n) is 18.8. The summed E-state index contributed by atoms with van der Waals surface area (Å²) in [7, 11) is 0. The van der Waals surface area contributed by atoms with Crippen molar-refractivity contribution in [1.82, 2.24) is 4.90 Å². The molecule has 34 heavy (non-hydrogen) atoms. The molecule has 7 heteroatoms. The van der Waals surface area contributed by atoms with E-state index >= 15 is 0 Å². The summed E-state index contributed by atoms with van der Waals surface area (Å²) < 4.78 is 5.74. The number of benzene rings is 3. The summed E-state index contributed by atoms with van der Waals surface area (Å²) in [6, 6.07) is 25.3. The van der Waals surface area contributed by atoms with Crippen LogP contribution in [0, 0.1) is 0 Å². The lowest BCUT2D eigenvalue weighted by molar-refractivity contribution is -0.00648. The van der Waals surface area contributed by atoms with E-state index in [4.69, 9.17) is 32.8 Å². The van der Waals surface area contributed by atoms with E-state index in [1.54, 1.807) is 0 Å².